The predicted molar refractivity (Wildman–Crippen MR) is 74.5 cm³/mol. The van der Waals surface area contributed by atoms with Crippen molar-refractivity contribution >= 4 is 50.5 Å². The predicted octanol–water partition coefficient (Wildman–Crippen LogP) is 5.00. The third-order valence-corrected chi connectivity index (χ3v) is 5.14. The lowest BCUT2D eigenvalue weighted by atomic mass is 10.1. The van der Waals surface area contributed by atoms with Crippen LogP contribution in [0.2, 0.25) is 10.0 Å². The van der Waals surface area contributed by atoms with Gasteiger partial charge in [-0.05, 0) is 28.1 Å². The van der Waals surface area contributed by atoms with E-state index in [9.17, 15) is 4.39 Å². The highest BCUT2D eigenvalue weighted by Gasteiger charge is 2.18. The Kier molecular flexibility index (Phi) is 4.10. The van der Waals surface area contributed by atoms with Crippen molar-refractivity contribution in [1.29, 1.82) is 0 Å². The summed E-state index contributed by atoms with van der Waals surface area (Å²) in [5.74, 6) is -0.484. The van der Waals surface area contributed by atoms with Crippen molar-refractivity contribution in [3.63, 3.8) is 0 Å². The molecule has 2 N–H and O–H groups in total. The van der Waals surface area contributed by atoms with Crippen LogP contribution in [0.25, 0.3) is 0 Å². The van der Waals surface area contributed by atoms with Crippen LogP contribution in [0.5, 0.6) is 0 Å². The molecule has 1 nitrogen and oxygen atoms in total. The molecule has 0 aliphatic carbocycles. The van der Waals surface area contributed by atoms with Crippen LogP contribution >= 0.6 is 50.5 Å². The normalized spacial score (nSPS) is 12.8. The molecule has 17 heavy (non-hydrogen) atoms. The Bertz CT molecular complexity index is 539. The smallest absolute Gasteiger partial charge is 0.146 e. The molecule has 2 rings (SSSR count). The van der Waals surface area contributed by atoms with Crippen LogP contribution in [0.15, 0.2) is 28.1 Å². The average Bonchev–Trinajstić information content (AvgIpc) is 2.62. The number of thiophene rings is 1. The zero-order chi connectivity index (χ0) is 12.6. The van der Waals surface area contributed by atoms with Crippen molar-refractivity contribution in [3.05, 3.63) is 54.4 Å². The Morgan fingerprint density at radius 3 is 2.59 bits per heavy atom. The van der Waals surface area contributed by atoms with Crippen LogP contribution in [-0.4, -0.2) is 0 Å². The van der Waals surface area contributed by atoms with Gasteiger partial charge in [0.2, 0.25) is 0 Å². The van der Waals surface area contributed by atoms with E-state index in [1.807, 2.05) is 0 Å². The van der Waals surface area contributed by atoms with Gasteiger partial charge in [0.15, 0.2) is 0 Å². The molecule has 2 aromatic rings. The fraction of sp³-hybridized carbons (Fsp3) is 0.0909. The zero-order valence-corrected chi connectivity index (χ0v) is 12.3. The van der Waals surface area contributed by atoms with E-state index < -0.39 is 11.9 Å². The maximum atomic E-state index is 13.8. The Balaban J connectivity index is 2.43. The van der Waals surface area contributed by atoms with E-state index in [2.05, 4.69) is 15.9 Å². The lowest BCUT2D eigenvalue weighted by molar-refractivity contribution is 0.601. The minimum atomic E-state index is -0.567. The molecule has 1 aromatic heterocycles. The summed E-state index contributed by atoms with van der Waals surface area (Å²) in [5.41, 5.74) is 6.36. The number of benzene rings is 1. The molecule has 0 aliphatic heterocycles. The second-order valence-corrected chi connectivity index (χ2v) is 6.61. The van der Waals surface area contributed by atoms with E-state index in [1.165, 1.54) is 17.4 Å². The summed E-state index contributed by atoms with van der Waals surface area (Å²) < 4.78 is 14.6. The molecule has 0 bridgehead atoms. The van der Waals surface area contributed by atoms with Gasteiger partial charge in [-0.15, -0.1) is 11.3 Å². The minimum absolute atomic E-state index is 0.0691. The maximum Gasteiger partial charge on any atom is 0.146 e. The van der Waals surface area contributed by atoms with Gasteiger partial charge < -0.3 is 5.73 Å². The number of halogens is 4. The summed E-state index contributed by atoms with van der Waals surface area (Å²) in [5, 5.41) is 0.641. The van der Waals surface area contributed by atoms with Crippen LogP contribution in [-0.2, 0) is 0 Å². The average molecular weight is 355 g/mol. The van der Waals surface area contributed by atoms with Crippen LogP contribution in [0.1, 0.15) is 16.5 Å². The standard InChI is InChI=1S/C11H7BrCl2FNS/c12-11-7(14)4-8(17-11)10(16)5-2-1-3-6(13)9(5)15/h1-4,10H,16H2. The Morgan fingerprint density at radius 1 is 1.29 bits per heavy atom. The first-order valence-corrected chi connectivity index (χ1v) is 7.01. The van der Waals surface area contributed by atoms with Gasteiger partial charge in [-0.1, -0.05) is 35.3 Å². The van der Waals surface area contributed by atoms with Crippen molar-refractivity contribution in [2.45, 2.75) is 6.04 Å². The first-order valence-electron chi connectivity index (χ1n) is 4.65. The Labute approximate surface area is 120 Å². The highest BCUT2D eigenvalue weighted by atomic mass is 79.9. The lowest BCUT2D eigenvalue weighted by Crippen LogP contribution is -2.12. The largest absolute Gasteiger partial charge is 0.320 e. The van der Waals surface area contributed by atoms with Gasteiger partial charge in [-0.25, -0.2) is 4.39 Å². The van der Waals surface area contributed by atoms with E-state index in [-0.39, 0.29) is 5.02 Å². The SMILES string of the molecule is NC(c1cc(Cl)c(Br)s1)c1cccc(Cl)c1F. The van der Waals surface area contributed by atoms with Gasteiger partial charge in [0, 0.05) is 10.4 Å². The number of nitrogens with two attached hydrogens (primary N) is 1. The van der Waals surface area contributed by atoms with Gasteiger partial charge >= 0.3 is 0 Å². The van der Waals surface area contributed by atoms with Crippen LogP contribution in [0.4, 0.5) is 4.39 Å². The van der Waals surface area contributed by atoms with Gasteiger partial charge in [0.05, 0.1) is 19.9 Å². The molecular formula is C11H7BrCl2FNS. The second kappa shape index (κ2) is 5.24. The third kappa shape index (κ3) is 2.66. The molecule has 0 saturated heterocycles. The molecule has 0 aliphatic rings. The molecule has 1 aromatic carbocycles. The summed E-state index contributed by atoms with van der Waals surface area (Å²) in [6.07, 6.45) is 0. The summed E-state index contributed by atoms with van der Waals surface area (Å²) in [7, 11) is 0. The van der Waals surface area contributed by atoms with E-state index in [0.717, 1.165) is 8.66 Å². The van der Waals surface area contributed by atoms with E-state index in [1.54, 1.807) is 18.2 Å². The van der Waals surface area contributed by atoms with Crippen molar-refractivity contribution in [2.75, 3.05) is 0 Å². The van der Waals surface area contributed by atoms with E-state index in [0.29, 0.717) is 10.6 Å². The van der Waals surface area contributed by atoms with Crippen molar-refractivity contribution in [2.24, 2.45) is 5.73 Å². The van der Waals surface area contributed by atoms with Gasteiger partial charge in [-0.3, -0.25) is 0 Å². The maximum absolute atomic E-state index is 13.8. The first-order chi connectivity index (χ1) is 8.00. The summed E-state index contributed by atoms with van der Waals surface area (Å²) in [6.45, 7) is 0. The highest BCUT2D eigenvalue weighted by Crippen LogP contribution is 2.37. The Hall–Kier alpha value is -0.130. The monoisotopic (exact) mass is 353 g/mol. The van der Waals surface area contributed by atoms with Crippen molar-refractivity contribution < 1.29 is 4.39 Å². The molecule has 1 heterocycles. The first kappa shape index (κ1) is 13.3. The molecular weight excluding hydrogens is 348 g/mol. The van der Waals surface area contributed by atoms with Crippen molar-refractivity contribution in [1.82, 2.24) is 0 Å². The molecule has 1 atom stereocenters. The van der Waals surface area contributed by atoms with E-state index >= 15 is 0 Å². The molecule has 0 fully saturated rings. The molecule has 0 amide bonds. The number of rotatable bonds is 2. The lowest BCUT2D eigenvalue weighted by Gasteiger charge is -2.11. The van der Waals surface area contributed by atoms with Gasteiger partial charge in [0.1, 0.15) is 5.82 Å². The fourth-order valence-electron chi connectivity index (χ4n) is 1.43. The molecule has 0 radical (unpaired) electrons. The topological polar surface area (TPSA) is 26.0 Å². The highest BCUT2D eigenvalue weighted by molar-refractivity contribution is 9.11. The number of hydrogen-bond acceptors (Lipinski definition) is 2. The van der Waals surface area contributed by atoms with Gasteiger partial charge in [0.25, 0.3) is 0 Å². The fourth-order valence-corrected chi connectivity index (χ4v) is 3.38. The Morgan fingerprint density at radius 2 is 2.00 bits per heavy atom. The zero-order valence-electron chi connectivity index (χ0n) is 8.38. The molecule has 6 heteroatoms. The summed E-state index contributed by atoms with van der Waals surface area (Å²) in [6, 6.07) is 5.94. The summed E-state index contributed by atoms with van der Waals surface area (Å²) in [4.78, 5) is 0.781. The van der Waals surface area contributed by atoms with Crippen molar-refractivity contribution in [3.8, 4) is 0 Å². The quantitative estimate of drug-likeness (QED) is 0.806. The van der Waals surface area contributed by atoms with E-state index in [4.69, 9.17) is 28.9 Å². The number of hydrogen-bond donors (Lipinski definition) is 1. The molecule has 0 spiro atoms. The van der Waals surface area contributed by atoms with Gasteiger partial charge in [-0.2, -0.15) is 0 Å². The molecule has 0 saturated carbocycles. The van der Waals surface area contributed by atoms with Crippen LogP contribution in [0.3, 0.4) is 0 Å². The minimum Gasteiger partial charge on any atom is -0.320 e. The molecule has 1 unspecified atom stereocenters. The van der Waals surface area contributed by atoms with Crippen LogP contribution < -0.4 is 5.73 Å². The third-order valence-electron chi connectivity index (χ3n) is 2.29. The molecule has 90 valence electrons. The van der Waals surface area contributed by atoms with Crippen LogP contribution in [0, 0.1) is 5.82 Å². The summed E-state index contributed by atoms with van der Waals surface area (Å²) >= 11 is 16.3. The second-order valence-electron chi connectivity index (χ2n) is 3.39.